The molecule has 0 radical (unpaired) electrons. The molecule has 2 unspecified atom stereocenters. The molecular formula is C23H24Cl2OZr. The SMILES string of the molecule is CCC(CCO)(C1C=Cc2ccccc21)C1C=Cc2ccccc21.[Cl-].[Cl-].[Zr+2]. The monoisotopic (exact) mass is 476 g/mol. The van der Waals surface area contributed by atoms with Crippen molar-refractivity contribution in [2.24, 2.45) is 5.41 Å². The van der Waals surface area contributed by atoms with Gasteiger partial charge in [0.1, 0.15) is 0 Å². The molecule has 0 spiro atoms. The van der Waals surface area contributed by atoms with Gasteiger partial charge in [-0.05, 0) is 40.5 Å². The largest absolute Gasteiger partial charge is 2.00 e. The molecule has 1 N–H and O–H groups in total. The number of allylic oxidation sites excluding steroid dienone is 2. The van der Waals surface area contributed by atoms with Crippen molar-refractivity contribution in [1.29, 1.82) is 0 Å². The molecule has 0 saturated carbocycles. The molecule has 0 fully saturated rings. The Labute approximate surface area is 193 Å². The fourth-order valence-corrected chi connectivity index (χ4v) is 4.83. The molecule has 4 heteroatoms. The second kappa shape index (κ2) is 10.2. The van der Waals surface area contributed by atoms with Crippen molar-refractivity contribution in [2.75, 3.05) is 6.61 Å². The predicted octanol–water partition coefficient (Wildman–Crippen LogP) is -0.608. The zero-order valence-corrected chi connectivity index (χ0v) is 19.4. The van der Waals surface area contributed by atoms with Gasteiger partial charge in [-0.3, -0.25) is 0 Å². The molecule has 2 aromatic carbocycles. The molecule has 0 saturated heterocycles. The van der Waals surface area contributed by atoms with Crippen molar-refractivity contribution >= 4 is 12.2 Å². The molecule has 140 valence electrons. The van der Waals surface area contributed by atoms with Gasteiger partial charge in [0, 0.05) is 18.4 Å². The summed E-state index contributed by atoms with van der Waals surface area (Å²) in [6, 6.07) is 17.4. The summed E-state index contributed by atoms with van der Waals surface area (Å²) < 4.78 is 0. The zero-order valence-electron chi connectivity index (χ0n) is 15.4. The third-order valence-corrected chi connectivity index (χ3v) is 6.07. The maximum Gasteiger partial charge on any atom is 2.00 e. The quantitative estimate of drug-likeness (QED) is 0.608. The molecule has 4 rings (SSSR count). The van der Waals surface area contributed by atoms with E-state index in [0.29, 0.717) is 11.8 Å². The van der Waals surface area contributed by atoms with E-state index in [1.54, 1.807) is 0 Å². The van der Waals surface area contributed by atoms with E-state index in [9.17, 15) is 5.11 Å². The van der Waals surface area contributed by atoms with Crippen LogP contribution in [0.25, 0.3) is 12.2 Å². The van der Waals surface area contributed by atoms with Crippen molar-refractivity contribution < 1.29 is 56.1 Å². The minimum absolute atomic E-state index is 0. The molecule has 0 bridgehead atoms. The molecule has 2 aliphatic carbocycles. The molecule has 27 heavy (non-hydrogen) atoms. The first-order chi connectivity index (χ1) is 11.8. The van der Waals surface area contributed by atoms with Gasteiger partial charge in [-0.15, -0.1) is 0 Å². The van der Waals surface area contributed by atoms with Crippen LogP contribution < -0.4 is 24.8 Å². The van der Waals surface area contributed by atoms with Crippen LogP contribution in [-0.2, 0) is 26.2 Å². The number of rotatable bonds is 5. The molecule has 0 aliphatic heterocycles. The van der Waals surface area contributed by atoms with E-state index in [0.717, 1.165) is 12.8 Å². The first-order valence-corrected chi connectivity index (χ1v) is 8.95. The second-order valence-corrected chi connectivity index (χ2v) is 6.99. The standard InChI is InChI=1S/C23H24O.2ClH.Zr/c1-2-23(15-16-24,21-13-11-17-7-3-5-9-19(17)21)22-14-12-18-8-4-6-10-20(18)22;;;/h3-14,21-22,24H,2,15-16H2,1H3;2*1H;/q;;;+2/p-2. The Hall–Kier alpha value is -0.657. The summed E-state index contributed by atoms with van der Waals surface area (Å²) in [4.78, 5) is 0. The van der Waals surface area contributed by atoms with E-state index in [-0.39, 0.29) is 63.0 Å². The van der Waals surface area contributed by atoms with Gasteiger partial charge in [0.2, 0.25) is 0 Å². The Balaban J connectivity index is 0.00000121. The van der Waals surface area contributed by atoms with Gasteiger partial charge in [0.15, 0.2) is 0 Å². The molecule has 2 aromatic rings. The average molecular weight is 479 g/mol. The minimum atomic E-state index is 0. The Morgan fingerprint density at radius 1 is 0.815 bits per heavy atom. The van der Waals surface area contributed by atoms with Gasteiger partial charge in [-0.1, -0.05) is 79.8 Å². The molecule has 0 amide bonds. The average Bonchev–Trinajstić information content (AvgIpc) is 3.25. The number of benzene rings is 2. The van der Waals surface area contributed by atoms with Crippen molar-refractivity contribution in [2.45, 2.75) is 31.6 Å². The molecule has 2 aliphatic rings. The summed E-state index contributed by atoms with van der Waals surface area (Å²) in [5.74, 6) is 0.707. The van der Waals surface area contributed by atoms with E-state index >= 15 is 0 Å². The van der Waals surface area contributed by atoms with E-state index in [1.165, 1.54) is 22.3 Å². The van der Waals surface area contributed by atoms with Gasteiger partial charge < -0.3 is 29.9 Å². The summed E-state index contributed by atoms with van der Waals surface area (Å²) >= 11 is 0. The Kier molecular flexibility index (Phi) is 9.22. The van der Waals surface area contributed by atoms with E-state index in [4.69, 9.17) is 0 Å². The third kappa shape index (κ3) is 4.06. The van der Waals surface area contributed by atoms with Crippen molar-refractivity contribution in [3.8, 4) is 0 Å². The normalized spacial score (nSPS) is 20.5. The van der Waals surface area contributed by atoms with Gasteiger partial charge in [0.25, 0.3) is 0 Å². The zero-order chi connectivity index (χ0) is 16.6. The second-order valence-electron chi connectivity index (χ2n) is 6.99. The molecule has 1 nitrogen and oxygen atoms in total. The number of aliphatic hydroxyl groups is 1. The number of fused-ring (bicyclic) bond motifs is 2. The summed E-state index contributed by atoms with van der Waals surface area (Å²) in [7, 11) is 0. The smallest absolute Gasteiger partial charge is 1.00 e. The van der Waals surface area contributed by atoms with Crippen molar-refractivity contribution in [3.05, 3.63) is 82.9 Å². The van der Waals surface area contributed by atoms with Crippen LogP contribution in [0.4, 0.5) is 0 Å². The Bertz CT molecular complexity index is 754. The van der Waals surface area contributed by atoms with Crippen molar-refractivity contribution in [1.82, 2.24) is 0 Å². The van der Waals surface area contributed by atoms with Crippen LogP contribution >= 0.6 is 0 Å². The van der Waals surface area contributed by atoms with E-state index < -0.39 is 0 Å². The fourth-order valence-electron chi connectivity index (χ4n) is 4.83. The molecular weight excluding hydrogens is 454 g/mol. The summed E-state index contributed by atoms with van der Waals surface area (Å²) in [6.07, 6.45) is 11.1. The summed E-state index contributed by atoms with van der Waals surface area (Å²) in [5.41, 5.74) is 5.49. The Morgan fingerprint density at radius 3 is 1.67 bits per heavy atom. The van der Waals surface area contributed by atoms with E-state index in [2.05, 4.69) is 79.8 Å². The van der Waals surface area contributed by atoms with Crippen LogP contribution in [0, 0.1) is 5.41 Å². The van der Waals surface area contributed by atoms with Gasteiger partial charge in [-0.2, -0.15) is 0 Å². The number of hydrogen-bond acceptors (Lipinski definition) is 1. The Morgan fingerprint density at radius 2 is 1.26 bits per heavy atom. The summed E-state index contributed by atoms with van der Waals surface area (Å²) in [6.45, 7) is 2.51. The van der Waals surface area contributed by atoms with Crippen LogP contribution in [0.2, 0.25) is 0 Å². The predicted molar refractivity (Wildman–Crippen MR) is 101 cm³/mol. The third-order valence-electron chi connectivity index (χ3n) is 6.07. The minimum Gasteiger partial charge on any atom is -1.00 e. The first-order valence-electron chi connectivity index (χ1n) is 8.95. The van der Waals surface area contributed by atoms with Crippen LogP contribution in [0.5, 0.6) is 0 Å². The maximum absolute atomic E-state index is 9.90. The van der Waals surface area contributed by atoms with Crippen molar-refractivity contribution in [3.63, 3.8) is 0 Å². The maximum atomic E-state index is 9.90. The number of hydrogen-bond donors (Lipinski definition) is 1. The summed E-state index contributed by atoms with van der Waals surface area (Å²) in [5, 5.41) is 9.90. The first kappa shape index (κ1) is 24.4. The van der Waals surface area contributed by atoms with Crippen LogP contribution in [0.15, 0.2) is 60.7 Å². The van der Waals surface area contributed by atoms with Gasteiger partial charge in [-0.25, -0.2) is 0 Å². The molecule has 2 atom stereocenters. The number of halogens is 2. The van der Waals surface area contributed by atoms with Crippen LogP contribution in [-0.4, -0.2) is 11.7 Å². The van der Waals surface area contributed by atoms with Crippen LogP contribution in [0.3, 0.4) is 0 Å². The van der Waals surface area contributed by atoms with E-state index in [1.807, 2.05) is 0 Å². The molecule has 0 aromatic heterocycles. The fraction of sp³-hybridized carbons (Fsp3) is 0.304. The number of aliphatic hydroxyl groups excluding tert-OH is 1. The molecule has 0 heterocycles. The topological polar surface area (TPSA) is 20.2 Å². The van der Waals surface area contributed by atoms with Gasteiger partial charge in [0.05, 0.1) is 0 Å². The van der Waals surface area contributed by atoms with Crippen LogP contribution in [0.1, 0.15) is 53.9 Å². The van der Waals surface area contributed by atoms with Gasteiger partial charge >= 0.3 is 26.2 Å².